The van der Waals surface area contributed by atoms with E-state index in [-0.39, 0.29) is 5.60 Å². The van der Waals surface area contributed by atoms with Gasteiger partial charge in [-0.25, -0.2) is 0 Å². The largest absolute Gasteiger partial charge is 0.483 e. The van der Waals surface area contributed by atoms with Crippen LogP contribution >= 0.6 is 0 Å². The molecule has 0 bridgehead atoms. The molecular weight excluding hydrogens is 296 g/mol. The van der Waals surface area contributed by atoms with Gasteiger partial charge >= 0.3 is 0 Å². The number of hydrogen-bond acceptors (Lipinski definition) is 3. The minimum Gasteiger partial charge on any atom is -0.483 e. The van der Waals surface area contributed by atoms with Crippen LogP contribution in [0.25, 0.3) is 0 Å². The van der Waals surface area contributed by atoms with Crippen molar-refractivity contribution in [1.82, 2.24) is 0 Å². The van der Waals surface area contributed by atoms with Gasteiger partial charge in [0.25, 0.3) is 0 Å². The van der Waals surface area contributed by atoms with Gasteiger partial charge in [0.1, 0.15) is 11.4 Å². The zero-order valence-corrected chi connectivity index (χ0v) is 14.7. The lowest BCUT2D eigenvalue weighted by Crippen LogP contribution is -2.50. The summed E-state index contributed by atoms with van der Waals surface area (Å²) in [5.41, 5.74) is 3.99. The van der Waals surface area contributed by atoms with E-state index >= 15 is 0 Å². The lowest BCUT2D eigenvalue weighted by atomic mass is 9.93. The molecule has 0 amide bonds. The Morgan fingerprint density at radius 1 is 1.17 bits per heavy atom. The summed E-state index contributed by atoms with van der Waals surface area (Å²) >= 11 is 0. The van der Waals surface area contributed by atoms with E-state index in [1.807, 2.05) is 24.3 Å². The number of hydrogen-bond donors (Lipinski definition) is 0. The Morgan fingerprint density at radius 3 is 2.62 bits per heavy atom. The Kier molecular flexibility index (Phi) is 4.49. The monoisotopic (exact) mass is 320 g/mol. The number of aryl methyl sites for hydroxylation is 1. The number of benzene rings is 2. The molecule has 1 aliphatic rings. The quantitative estimate of drug-likeness (QED) is 0.810. The van der Waals surface area contributed by atoms with Crippen molar-refractivity contribution in [3.8, 4) is 11.8 Å². The zero-order chi connectivity index (χ0) is 17.2. The maximum atomic E-state index is 9.39. The van der Waals surface area contributed by atoms with Crippen molar-refractivity contribution >= 4 is 5.69 Å². The minimum absolute atomic E-state index is 0.163. The number of ether oxygens (including phenoxy) is 1. The highest BCUT2D eigenvalue weighted by atomic mass is 16.5. The first-order valence-electron chi connectivity index (χ1n) is 8.63. The Hall–Kier alpha value is -2.47. The third kappa shape index (κ3) is 2.97. The van der Waals surface area contributed by atoms with Gasteiger partial charge in [0.05, 0.1) is 23.9 Å². The molecule has 0 aliphatic carbocycles. The van der Waals surface area contributed by atoms with E-state index in [0.29, 0.717) is 0 Å². The van der Waals surface area contributed by atoms with Gasteiger partial charge in [-0.2, -0.15) is 5.26 Å². The molecule has 3 nitrogen and oxygen atoms in total. The number of anilines is 1. The number of nitrogens with zero attached hydrogens (tertiary/aromatic N) is 2. The van der Waals surface area contributed by atoms with E-state index in [2.05, 4.69) is 49.9 Å². The molecule has 24 heavy (non-hydrogen) atoms. The van der Waals surface area contributed by atoms with Crippen molar-refractivity contribution in [1.29, 1.82) is 5.26 Å². The van der Waals surface area contributed by atoms with Crippen molar-refractivity contribution < 1.29 is 4.74 Å². The summed E-state index contributed by atoms with van der Waals surface area (Å²) in [7, 11) is 0. The first-order valence-corrected chi connectivity index (χ1v) is 8.63. The summed E-state index contributed by atoms with van der Waals surface area (Å²) in [6.07, 6.45) is 1.93. The van der Waals surface area contributed by atoms with Gasteiger partial charge in [-0.3, -0.25) is 0 Å². The molecule has 2 aromatic rings. The molecule has 0 N–H and O–H groups in total. The number of rotatable bonds is 4. The number of fused-ring (bicyclic) bond motifs is 1. The Bertz CT molecular complexity index is 772. The molecule has 0 saturated carbocycles. The highest BCUT2D eigenvalue weighted by Crippen LogP contribution is 2.41. The van der Waals surface area contributed by atoms with Crippen LogP contribution in [0.1, 0.15) is 43.4 Å². The zero-order valence-electron chi connectivity index (χ0n) is 14.7. The average Bonchev–Trinajstić information content (AvgIpc) is 2.62. The van der Waals surface area contributed by atoms with Crippen molar-refractivity contribution in [3.63, 3.8) is 0 Å². The van der Waals surface area contributed by atoms with E-state index in [1.165, 1.54) is 5.56 Å². The fraction of sp³-hybridized carbons (Fsp3) is 0.381. The second-order valence-corrected chi connectivity index (χ2v) is 6.59. The van der Waals surface area contributed by atoms with Gasteiger partial charge in [0, 0.05) is 6.54 Å². The molecule has 0 unspecified atom stereocenters. The summed E-state index contributed by atoms with van der Waals surface area (Å²) < 4.78 is 6.39. The van der Waals surface area contributed by atoms with Crippen LogP contribution in [-0.2, 0) is 6.54 Å². The molecule has 3 rings (SSSR count). The summed E-state index contributed by atoms with van der Waals surface area (Å²) in [6, 6.07) is 16.5. The summed E-state index contributed by atoms with van der Waals surface area (Å²) in [6.45, 7) is 8.04. The maximum absolute atomic E-state index is 9.39. The van der Waals surface area contributed by atoms with Crippen LogP contribution < -0.4 is 9.64 Å². The Morgan fingerprint density at radius 2 is 1.92 bits per heavy atom. The van der Waals surface area contributed by atoms with Gasteiger partial charge in [-0.15, -0.1) is 0 Å². The summed E-state index contributed by atoms with van der Waals surface area (Å²) in [5, 5.41) is 9.39. The predicted octanol–water partition coefficient (Wildman–Crippen LogP) is 4.82. The van der Waals surface area contributed by atoms with Crippen molar-refractivity contribution in [2.75, 3.05) is 11.4 Å². The highest BCUT2D eigenvalue weighted by molar-refractivity contribution is 5.62. The van der Waals surface area contributed by atoms with Gasteiger partial charge in [-0.1, -0.05) is 38.1 Å². The van der Waals surface area contributed by atoms with Gasteiger partial charge in [0.15, 0.2) is 0 Å². The predicted molar refractivity (Wildman–Crippen MR) is 97.3 cm³/mol. The normalized spacial score (nSPS) is 15.3. The van der Waals surface area contributed by atoms with Crippen molar-refractivity contribution in [2.45, 2.75) is 45.8 Å². The van der Waals surface area contributed by atoms with Crippen LogP contribution in [0.3, 0.4) is 0 Å². The fourth-order valence-corrected chi connectivity index (χ4v) is 3.39. The molecule has 1 aliphatic heterocycles. The van der Waals surface area contributed by atoms with Gasteiger partial charge in [0.2, 0.25) is 0 Å². The van der Waals surface area contributed by atoms with Crippen LogP contribution in [0.4, 0.5) is 5.69 Å². The van der Waals surface area contributed by atoms with Crippen molar-refractivity contribution in [2.24, 2.45) is 0 Å². The molecule has 0 atom stereocenters. The molecule has 0 fully saturated rings. The fourth-order valence-electron chi connectivity index (χ4n) is 3.39. The molecular formula is C21H24N2O. The van der Waals surface area contributed by atoms with Crippen molar-refractivity contribution in [3.05, 3.63) is 59.2 Å². The van der Waals surface area contributed by atoms with E-state index in [4.69, 9.17) is 4.74 Å². The maximum Gasteiger partial charge on any atom is 0.143 e. The number of nitriles is 1. The van der Waals surface area contributed by atoms with E-state index < -0.39 is 0 Å². The van der Waals surface area contributed by atoms with Crippen LogP contribution in [0.2, 0.25) is 0 Å². The van der Waals surface area contributed by atoms with Crippen LogP contribution in [-0.4, -0.2) is 12.1 Å². The molecule has 124 valence electrons. The first-order chi connectivity index (χ1) is 11.6. The molecule has 3 heteroatoms. The van der Waals surface area contributed by atoms with E-state index in [0.717, 1.165) is 48.5 Å². The Balaban J connectivity index is 2.02. The summed E-state index contributed by atoms with van der Waals surface area (Å²) in [4.78, 5) is 2.37. The smallest absolute Gasteiger partial charge is 0.143 e. The van der Waals surface area contributed by atoms with Crippen LogP contribution in [0.5, 0.6) is 5.75 Å². The molecule has 0 spiro atoms. The highest BCUT2D eigenvalue weighted by Gasteiger charge is 2.37. The van der Waals surface area contributed by atoms with Gasteiger partial charge in [-0.05, 0) is 49.1 Å². The third-order valence-electron chi connectivity index (χ3n) is 5.05. The SMILES string of the molecule is CCC1(CC)CN(Cc2ccccc2C#N)c2cc(C)ccc2O1. The second-order valence-electron chi connectivity index (χ2n) is 6.59. The van der Waals surface area contributed by atoms with Crippen LogP contribution in [0, 0.1) is 18.3 Å². The lowest BCUT2D eigenvalue weighted by molar-refractivity contribution is 0.0570. The van der Waals surface area contributed by atoms with Gasteiger partial charge < -0.3 is 9.64 Å². The standard InChI is InChI=1S/C21H24N2O/c1-4-21(5-2)15-23(14-18-9-7-6-8-17(18)13-22)19-12-16(3)10-11-20(19)24-21/h6-12H,4-5,14-15H2,1-3H3. The molecule has 0 saturated heterocycles. The Labute approximate surface area is 144 Å². The van der Waals surface area contributed by atoms with E-state index in [1.54, 1.807) is 0 Å². The van der Waals surface area contributed by atoms with E-state index in [9.17, 15) is 5.26 Å². The minimum atomic E-state index is -0.163. The molecule has 1 heterocycles. The van der Waals surface area contributed by atoms with Crippen LogP contribution in [0.15, 0.2) is 42.5 Å². The molecule has 0 aromatic heterocycles. The first kappa shape index (κ1) is 16.4. The third-order valence-corrected chi connectivity index (χ3v) is 5.05. The molecule has 0 radical (unpaired) electrons. The lowest BCUT2D eigenvalue weighted by Gasteiger charge is -2.44. The average molecular weight is 320 g/mol. The second kappa shape index (κ2) is 6.57. The summed E-state index contributed by atoms with van der Waals surface area (Å²) in [5.74, 6) is 0.949. The molecule has 2 aromatic carbocycles. The topological polar surface area (TPSA) is 36.3 Å².